The van der Waals surface area contributed by atoms with Crippen molar-refractivity contribution in [3.8, 4) is 5.75 Å². The molecule has 0 aliphatic carbocycles. The van der Waals surface area contributed by atoms with E-state index in [1.165, 1.54) is 19.1 Å². The summed E-state index contributed by atoms with van der Waals surface area (Å²) in [7, 11) is 0. The first-order chi connectivity index (χ1) is 15.1. The van der Waals surface area contributed by atoms with Crippen LogP contribution in [0.3, 0.4) is 0 Å². The zero-order valence-electron chi connectivity index (χ0n) is 16.4. The second kappa shape index (κ2) is 9.35. The monoisotopic (exact) mass is 456 g/mol. The summed E-state index contributed by atoms with van der Waals surface area (Å²) in [5.74, 6) is -3.76. The number of aliphatic imine (C=N–C) groups is 1. The van der Waals surface area contributed by atoms with Gasteiger partial charge >= 0.3 is 17.9 Å². The number of rotatable bonds is 7. The van der Waals surface area contributed by atoms with E-state index in [-0.39, 0.29) is 22.0 Å². The Hall–Kier alpha value is -4.12. The van der Waals surface area contributed by atoms with Gasteiger partial charge in [-0.25, -0.2) is 19.4 Å². The summed E-state index contributed by atoms with van der Waals surface area (Å²) in [6.45, 7) is 1.41. The van der Waals surface area contributed by atoms with Crippen molar-refractivity contribution in [1.82, 2.24) is 5.32 Å². The topological polar surface area (TPSA) is 163 Å². The third-order valence-electron chi connectivity index (χ3n) is 4.13. The van der Waals surface area contributed by atoms with Crippen molar-refractivity contribution in [1.29, 1.82) is 0 Å². The summed E-state index contributed by atoms with van der Waals surface area (Å²) < 4.78 is 5.25. The Morgan fingerprint density at radius 2 is 1.62 bits per heavy atom. The van der Waals surface area contributed by atoms with Gasteiger partial charge < -0.3 is 25.4 Å². The van der Waals surface area contributed by atoms with Crippen LogP contribution >= 0.6 is 11.8 Å². The smallest absolute Gasteiger partial charge is 0.344 e. The van der Waals surface area contributed by atoms with Gasteiger partial charge in [0, 0.05) is 0 Å². The fraction of sp³-hybridized carbons (Fsp3) is 0.0952. The van der Waals surface area contributed by atoms with Gasteiger partial charge in [0.05, 0.1) is 21.7 Å². The molecule has 1 heterocycles. The average Bonchev–Trinajstić information content (AvgIpc) is 3.07. The van der Waals surface area contributed by atoms with E-state index in [0.29, 0.717) is 16.2 Å². The molecule has 2 aromatic carbocycles. The molecule has 1 fully saturated rings. The van der Waals surface area contributed by atoms with E-state index in [9.17, 15) is 19.2 Å². The van der Waals surface area contributed by atoms with Crippen LogP contribution in [0.15, 0.2) is 52.4 Å². The van der Waals surface area contributed by atoms with Crippen molar-refractivity contribution in [2.45, 2.75) is 13.0 Å². The van der Waals surface area contributed by atoms with Gasteiger partial charge in [0.2, 0.25) is 0 Å². The third-order valence-corrected chi connectivity index (χ3v) is 5.04. The number of hydrogen-bond acceptors (Lipinski definition) is 7. The van der Waals surface area contributed by atoms with E-state index in [0.717, 1.165) is 17.8 Å². The molecule has 0 spiro atoms. The van der Waals surface area contributed by atoms with Crippen LogP contribution in [-0.2, 0) is 9.59 Å². The van der Waals surface area contributed by atoms with E-state index in [4.69, 9.17) is 20.1 Å². The van der Waals surface area contributed by atoms with Crippen LogP contribution in [0.2, 0.25) is 0 Å². The fourth-order valence-corrected chi connectivity index (χ4v) is 3.41. The minimum Gasteiger partial charge on any atom is -0.479 e. The van der Waals surface area contributed by atoms with Gasteiger partial charge in [-0.1, -0.05) is 12.1 Å². The number of carbonyl (C=O) groups is 4. The van der Waals surface area contributed by atoms with Crippen molar-refractivity contribution in [2.24, 2.45) is 4.99 Å². The normalized spacial score (nSPS) is 16.6. The minimum absolute atomic E-state index is 0.0698. The van der Waals surface area contributed by atoms with E-state index < -0.39 is 29.9 Å². The zero-order chi connectivity index (χ0) is 23.4. The predicted octanol–water partition coefficient (Wildman–Crippen LogP) is 2.83. The van der Waals surface area contributed by atoms with Crippen LogP contribution in [0.25, 0.3) is 6.08 Å². The molecule has 10 nitrogen and oxygen atoms in total. The van der Waals surface area contributed by atoms with Crippen molar-refractivity contribution in [3.05, 3.63) is 64.1 Å². The number of carbonyl (C=O) groups excluding carboxylic acids is 1. The SMILES string of the molecule is CC(Oc1ccc(/C=C2\SC(=Nc3cc(C(=O)O)cc(C(=O)O)c3)NC2=O)cc1)C(=O)O. The minimum atomic E-state index is -1.30. The maximum Gasteiger partial charge on any atom is 0.344 e. The van der Waals surface area contributed by atoms with E-state index in [1.54, 1.807) is 30.3 Å². The lowest BCUT2D eigenvalue weighted by molar-refractivity contribution is -0.144. The van der Waals surface area contributed by atoms with Gasteiger partial charge in [0.1, 0.15) is 5.75 Å². The van der Waals surface area contributed by atoms with Crippen molar-refractivity contribution < 1.29 is 39.2 Å². The lowest BCUT2D eigenvalue weighted by Gasteiger charge is -2.10. The number of benzene rings is 2. The third kappa shape index (κ3) is 5.52. The summed E-state index contributed by atoms with van der Waals surface area (Å²) in [5, 5.41) is 29.9. The first kappa shape index (κ1) is 22.6. The molecule has 3 rings (SSSR count). The van der Waals surface area contributed by atoms with Gasteiger partial charge in [-0.2, -0.15) is 0 Å². The highest BCUT2D eigenvalue weighted by Gasteiger charge is 2.24. The molecule has 1 atom stereocenters. The number of aliphatic carboxylic acids is 1. The van der Waals surface area contributed by atoms with Crippen LogP contribution in [0.5, 0.6) is 5.75 Å². The Morgan fingerprint density at radius 3 is 2.16 bits per heavy atom. The number of thioether (sulfide) groups is 1. The van der Waals surface area contributed by atoms with Crippen molar-refractivity contribution in [3.63, 3.8) is 0 Å². The maximum absolute atomic E-state index is 12.3. The van der Waals surface area contributed by atoms with Gasteiger partial charge in [-0.3, -0.25) is 4.79 Å². The zero-order valence-corrected chi connectivity index (χ0v) is 17.3. The van der Waals surface area contributed by atoms with Gasteiger partial charge in [-0.15, -0.1) is 0 Å². The number of amides is 1. The Morgan fingerprint density at radius 1 is 1.03 bits per heavy atom. The molecule has 0 aromatic heterocycles. The Bertz CT molecular complexity index is 1140. The van der Waals surface area contributed by atoms with Crippen molar-refractivity contribution in [2.75, 3.05) is 0 Å². The second-order valence-electron chi connectivity index (χ2n) is 6.53. The number of ether oxygens (including phenoxy) is 1. The quantitative estimate of drug-likeness (QED) is 0.459. The number of nitrogens with one attached hydrogen (secondary N) is 1. The molecule has 1 aliphatic heterocycles. The first-order valence-electron chi connectivity index (χ1n) is 9.03. The average molecular weight is 456 g/mol. The summed E-state index contributed by atoms with van der Waals surface area (Å²) in [6.07, 6.45) is 0.582. The Labute approximate surface area is 185 Å². The standard InChI is InChI=1S/C21H16N2O8S/c1-10(18(25)26)31-15-4-2-11(3-5-15)6-16-17(24)23-21(32-16)22-14-8-12(19(27)28)7-13(9-14)20(29)30/h2-10H,1H3,(H,25,26)(H,27,28)(H,29,30)(H,22,23,24)/b16-6-. The van der Waals surface area contributed by atoms with Crippen LogP contribution in [0.4, 0.5) is 5.69 Å². The van der Waals surface area contributed by atoms with E-state index in [2.05, 4.69) is 10.3 Å². The molecule has 0 bridgehead atoms. The van der Waals surface area contributed by atoms with E-state index >= 15 is 0 Å². The van der Waals surface area contributed by atoms with Gasteiger partial charge in [0.15, 0.2) is 11.3 Å². The van der Waals surface area contributed by atoms with Gasteiger partial charge in [0.25, 0.3) is 5.91 Å². The van der Waals surface area contributed by atoms with Crippen LogP contribution < -0.4 is 10.1 Å². The molecule has 4 N–H and O–H groups in total. The molecule has 0 radical (unpaired) electrons. The number of nitrogens with zero attached hydrogens (tertiary/aromatic N) is 1. The summed E-state index contributed by atoms with van der Waals surface area (Å²) >= 11 is 1.00. The molecule has 1 aliphatic rings. The molecule has 1 amide bonds. The molecular formula is C21H16N2O8S. The first-order valence-corrected chi connectivity index (χ1v) is 9.85. The highest BCUT2D eigenvalue weighted by atomic mass is 32.2. The molecule has 2 aromatic rings. The number of hydrogen-bond donors (Lipinski definition) is 4. The lowest BCUT2D eigenvalue weighted by Crippen LogP contribution is -2.22. The number of carboxylic acids is 3. The molecule has 32 heavy (non-hydrogen) atoms. The summed E-state index contributed by atoms with van der Waals surface area (Å²) in [5.41, 5.74) is 0.239. The highest BCUT2D eigenvalue weighted by molar-refractivity contribution is 8.18. The van der Waals surface area contributed by atoms with Crippen LogP contribution in [-0.4, -0.2) is 50.4 Å². The number of aromatic carboxylic acids is 2. The molecular weight excluding hydrogens is 440 g/mol. The fourth-order valence-electron chi connectivity index (χ4n) is 2.57. The predicted molar refractivity (Wildman–Crippen MR) is 115 cm³/mol. The lowest BCUT2D eigenvalue weighted by atomic mass is 10.1. The number of carboxylic acid groups (broad SMARTS) is 3. The largest absolute Gasteiger partial charge is 0.479 e. The maximum atomic E-state index is 12.3. The highest BCUT2D eigenvalue weighted by Crippen LogP contribution is 2.29. The van der Waals surface area contributed by atoms with Crippen molar-refractivity contribution >= 4 is 52.5 Å². The molecule has 1 unspecified atom stereocenters. The molecule has 11 heteroatoms. The van der Waals surface area contributed by atoms with Gasteiger partial charge in [-0.05, 0) is 60.7 Å². The van der Waals surface area contributed by atoms with Crippen LogP contribution in [0, 0.1) is 0 Å². The summed E-state index contributed by atoms with van der Waals surface area (Å²) in [4.78, 5) is 50.0. The Kier molecular flexibility index (Phi) is 6.59. The Balaban J connectivity index is 1.80. The molecule has 164 valence electrons. The molecule has 0 saturated carbocycles. The molecule has 1 saturated heterocycles. The number of amidine groups is 1. The second-order valence-corrected chi connectivity index (χ2v) is 7.56. The van der Waals surface area contributed by atoms with E-state index in [1.807, 2.05) is 0 Å². The van der Waals surface area contributed by atoms with Crippen LogP contribution in [0.1, 0.15) is 33.2 Å². The summed E-state index contributed by atoms with van der Waals surface area (Å²) in [6, 6.07) is 9.86.